The molecule has 2 heteroatoms. The number of Topliss-reactive ketones (excluding diaryl/α,β-unsaturated/α-hetero) is 1. The zero-order valence-corrected chi connectivity index (χ0v) is 7.52. The Bertz CT molecular complexity index is 159. The van der Waals surface area contributed by atoms with Crippen molar-refractivity contribution in [2.24, 2.45) is 5.41 Å². The maximum Gasteiger partial charge on any atom is 0.144 e. The van der Waals surface area contributed by atoms with Crippen LogP contribution in [-0.2, 0) is 9.53 Å². The van der Waals surface area contributed by atoms with Crippen LogP contribution in [0.25, 0.3) is 0 Å². The smallest absolute Gasteiger partial charge is 0.144 e. The highest BCUT2D eigenvalue weighted by atomic mass is 16.5. The molecule has 0 saturated heterocycles. The molecule has 0 aliphatic heterocycles. The molecule has 1 aliphatic carbocycles. The molecule has 0 bridgehead atoms. The number of methoxy groups -OCH3 is 1. The quantitative estimate of drug-likeness (QED) is 0.622. The van der Waals surface area contributed by atoms with Crippen LogP contribution in [0.1, 0.15) is 33.1 Å². The third-order valence-corrected chi connectivity index (χ3v) is 3.09. The van der Waals surface area contributed by atoms with Crippen LogP contribution in [0.3, 0.4) is 0 Å². The summed E-state index contributed by atoms with van der Waals surface area (Å²) in [4.78, 5) is 11.3. The minimum atomic E-state index is -0.130. The Morgan fingerprint density at radius 2 is 2.09 bits per heavy atom. The van der Waals surface area contributed by atoms with Crippen molar-refractivity contribution in [1.29, 1.82) is 0 Å². The molecule has 0 spiro atoms. The van der Waals surface area contributed by atoms with Crippen LogP contribution in [0.5, 0.6) is 0 Å². The van der Waals surface area contributed by atoms with Crippen molar-refractivity contribution in [2.75, 3.05) is 7.11 Å². The fourth-order valence-corrected chi connectivity index (χ4v) is 2.02. The summed E-state index contributed by atoms with van der Waals surface area (Å²) in [5.74, 6) is 0.384. The Morgan fingerprint density at radius 1 is 1.55 bits per heavy atom. The highest BCUT2D eigenvalue weighted by Crippen LogP contribution is 2.44. The van der Waals surface area contributed by atoms with Gasteiger partial charge in [0.25, 0.3) is 0 Å². The van der Waals surface area contributed by atoms with E-state index in [2.05, 4.69) is 13.8 Å². The number of hydrogen-bond donors (Lipinski definition) is 0. The lowest BCUT2D eigenvalue weighted by atomic mass is 9.61. The lowest BCUT2D eigenvalue weighted by Gasteiger charge is -2.45. The van der Waals surface area contributed by atoms with Gasteiger partial charge in [-0.25, -0.2) is 0 Å². The molecule has 0 amide bonds. The minimum absolute atomic E-state index is 0.130. The lowest BCUT2D eigenvalue weighted by Crippen LogP contribution is -2.54. The predicted molar refractivity (Wildman–Crippen MR) is 43.4 cm³/mol. The topological polar surface area (TPSA) is 26.3 Å². The van der Waals surface area contributed by atoms with E-state index >= 15 is 0 Å². The van der Waals surface area contributed by atoms with Gasteiger partial charge in [-0.15, -0.1) is 0 Å². The summed E-state index contributed by atoms with van der Waals surface area (Å²) in [5.41, 5.74) is -0.130. The molecule has 1 aliphatic rings. The summed E-state index contributed by atoms with van der Waals surface area (Å²) in [6.45, 7) is 4.12. The van der Waals surface area contributed by atoms with E-state index in [1.807, 2.05) is 0 Å². The first-order valence-electron chi connectivity index (χ1n) is 4.27. The van der Waals surface area contributed by atoms with Gasteiger partial charge < -0.3 is 4.74 Å². The fourth-order valence-electron chi connectivity index (χ4n) is 2.02. The van der Waals surface area contributed by atoms with E-state index in [1.54, 1.807) is 7.11 Å². The van der Waals surface area contributed by atoms with E-state index in [1.165, 1.54) is 0 Å². The van der Waals surface area contributed by atoms with Gasteiger partial charge in [0.1, 0.15) is 5.78 Å². The number of ether oxygens (including phenoxy) is 1. The Hall–Kier alpha value is -0.370. The van der Waals surface area contributed by atoms with E-state index in [-0.39, 0.29) is 11.5 Å². The van der Waals surface area contributed by atoms with Crippen molar-refractivity contribution in [2.45, 2.75) is 39.2 Å². The van der Waals surface area contributed by atoms with Crippen molar-refractivity contribution in [3.05, 3.63) is 0 Å². The Kier molecular flexibility index (Phi) is 2.33. The van der Waals surface area contributed by atoms with Gasteiger partial charge in [0.15, 0.2) is 0 Å². The second kappa shape index (κ2) is 2.94. The zero-order valence-electron chi connectivity index (χ0n) is 7.52. The van der Waals surface area contributed by atoms with E-state index < -0.39 is 0 Å². The van der Waals surface area contributed by atoms with Crippen LogP contribution in [0, 0.1) is 5.41 Å². The molecule has 0 aromatic carbocycles. The summed E-state index contributed by atoms with van der Waals surface area (Å²) in [6.07, 6.45) is 2.64. The van der Waals surface area contributed by atoms with E-state index in [0.29, 0.717) is 12.2 Å². The van der Waals surface area contributed by atoms with Gasteiger partial charge >= 0.3 is 0 Å². The second-order valence-corrected chi connectivity index (χ2v) is 3.21. The molecule has 2 nitrogen and oxygen atoms in total. The molecule has 1 atom stereocenters. The van der Waals surface area contributed by atoms with E-state index in [4.69, 9.17) is 4.74 Å². The summed E-state index contributed by atoms with van der Waals surface area (Å²) >= 11 is 0. The molecular weight excluding hydrogens is 140 g/mol. The van der Waals surface area contributed by atoms with Crippen molar-refractivity contribution in [1.82, 2.24) is 0 Å². The normalized spacial score (nSPS) is 28.3. The molecule has 1 saturated carbocycles. The third-order valence-electron chi connectivity index (χ3n) is 3.09. The van der Waals surface area contributed by atoms with Crippen molar-refractivity contribution < 1.29 is 9.53 Å². The van der Waals surface area contributed by atoms with Gasteiger partial charge in [0.2, 0.25) is 0 Å². The summed E-state index contributed by atoms with van der Waals surface area (Å²) in [7, 11) is 1.69. The van der Waals surface area contributed by atoms with Crippen molar-refractivity contribution in [3.8, 4) is 0 Å². The molecule has 0 heterocycles. The lowest BCUT2D eigenvalue weighted by molar-refractivity contribution is -0.160. The molecule has 1 rings (SSSR count). The first kappa shape index (κ1) is 8.72. The minimum Gasteiger partial charge on any atom is -0.380 e. The third kappa shape index (κ3) is 1.00. The highest BCUT2D eigenvalue weighted by molar-refractivity contribution is 5.92. The van der Waals surface area contributed by atoms with E-state index in [9.17, 15) is 4.79 Å². The zero-order chi connectivity index (χ0) is 8.48. The van der Waals surface area contributed by atoms with Gasteiger partial charge in [-0.3, -0.25) is 4.79 Å². The standard InChI is InChI=1S/C9H16O2/c1-4-9(5-2)7(10)6-8(9)11-3/h8H,4-6H2,1-3H3. The molecule has 0 radical (unpaired) electrons. The summed E-state index contributed by atoms with van der Waals surface area (Å²) < 4.78 is 5.23. The van der Waals surface area contributed by atoms with Gasteiger partial charge in [-0.2, -0.15) is 0 Å². The molecule has 11 heavy (non-hydrogen) atoms. The number of ketones is 1. The summed E-state index contributed by atoms with van der Waals surface area (Å²) in [6, 6.07) is 0. The van der Waals surface area contributed by atoms with Gasteiger partial charge in [0, 0.05) is 13.5 Å². The Balaban J connectivity index is 2.70. The van der Waals surface area contributed by atoms with Crippen LogP contribution < -0.4 is 0 Å². The van der Waals surface area contributed by atoms with Crippen LogP contribution in [0.15, 0.2) is 0 Å². The Morgan fingerprint density at radius 3 is 2.27 bits per heavy atom. The number of hydrogen-bond acceptors (Lipinski definition) is 2. The maximum absolute atomic E-state index is 11.3. The van der Waals surface area contributed by atoms with Crippen LogP contribution in [0.4, 0.5) is 0 Å². The van der Waals surface area contributed by atoms with Crippen LogP contribution in [0.2, 0.25) is 0 Å². The predicted octanol–water partition coefficient (Wildman–Crippen LogP) is 1.78. The molecular formula is C9H16O2. The summed E-state index contributed by atoms with van der Waals surface area (Å²) in [5, 5.41) is 0. The second-order valence-electron chi connectivity index (χ2n) is 3.21. The number of carbonyl (C=O) groups is 1. The van der Waals surface area contributed by atoms with Gasteiger partial charge in [0.05, 0.1) is 11.5 Å². The number of carbonyl (C=O) groups excluding carboxylic acids is 1. The van der Waals surface area contributed by atoms with E-state index in [0.717, 1.165) is 12.8 Å². The molecule has 1 fully saturated rings. The van der Waals surface area contributed by atoms with Crippen molar-refractivity contribution >= 4 is 5.78 Å². The molecule has 0 aromatic heterocycles. The fraction of sp³-hybridized carbons (Fsp3) is 0.889. The van der Waals surface area contributed by atoms with Crippen LogP contribution >= 0.6 is 0 Å². The monoisotopic (exact) mass is 156 g/mol. The molecule has 64 valence electrons. The molecule has 0 N–H and O–H groups in total. The van der Waals surface area contributed by atoms with Gasteiger partial charge in [-0.05, 0) is 12.8 Å². The number of rotatable bonds is 3. The van der Waals surface area contributed by atoms with Crippen molar-refractivity contribution in [3.63, 3.8) is 0 Å². The van der Waals surface area contributed by atoms with Gasteiger partial charge in [-0.1, -0.05) is 13.8 Å². The maximum atomic E-state index is 11.3. The average molecular weight is 156 g/mol. The highest BCUT2D eigenvalue weighted by Gasteiger charge is 2.52. The molecule has 0 aromatic rings. The molecule has 1 unspecified atom stereocenters. The first-order chi connectivity index (χ1) is 5.21. The average Bonchev–Trinajstić information content (AvgIpc) is 2.02. The largest absolute Gasteiger partial charge is 0.380 e. The Labute approximate surface area is 67.9 Å². The SMILES string of the molecule is CCC1(CC)C(=O)CC1OC. The van der Waals surface area contributed by atoms with Crippen LogP contribution in [-0.4, -0.2) is 19.0 Å². The first-order valence-corrected chi connectivity index (χ1v) is 4.27.